The predicted octanol–water partition coefficient (Wildman–Crippen LogP) is 5.12. The van der Waals surface area contributed by atoms with Crippen LogP contribution in [0.25, 0.3) is 11.1 Å². The van der Waals surface area contributed by atoms with Crippen LogP contribution in [0.3, 0.4) is 0 Å². The molecule has 1 aromatic heterocycles. The number of piperidine rings is 1. The Morgan fingerprint density at radius 3 is 2.44 bits per heavy atom. The third-order valence-electron chi connectivity index (χ3n) is 6.40. The van der Waals surface area contributed by atoms with E-state index in [1.165, 1.54) is 12.3 Å². The van der Waals surface area contributed by atoms with Crippen molar-refractivity contribution < 1.29 is 22.8 Å². The number of hydrogen-bond acceptors (Lipinski definition) is 5. The molecule has 10 heteroatoms. The molecular weight excluding hydrogens is 507 g/mol. The van der Waals surface area contributed by atoms with E-state index in [0.717, 1.165) is 30.7 Å². The van der Waals surface area contributed by atoms with E-state index >= 15 is 4.39 Å². The first-order valence-corrected chi connectivity index (χ1v) is 12.7. The number of aromatic nitrogens is 1. The number of rotatable bonds is 5. The molecule has 7 nitrogen and oxygen atoms in total. The molecule has 1 saturated heterocycles. The summed E-state index contributed by atoms with van der Waals surface area (Å²) in [7, 11) is 0. The monoisotopic (exact) mass is 539 g/mol. The molecule has 206 valence electrons. The van der Waals surface area contributed by atoms with Crippen LogP contribution in [-0.2, 0) is 0 Å². The molecule has 2 aromatic carbocycles. The fraction of sp³-hybridized carbons (Fsp3) is 0.345. The maximum absolute atomic E-state index is 15.7. The molecule has 2 atom stereocenters. The Balaban J connectivity index is 1.68. The van der Waals surface area contributed by atoms with Gasteiger partial charge in [0.1, 0.15) is 17.5 Å². The Kier molecular flexibility index (Phi) is 7.96. The molecule has 1 aliphatic heterocycles. The van der Waals surface area contributed by atoms with Crippen molar-refractivity contribution in [3.05, 3.63) is 77.4 Å². The molecule has 4 rings (SSSR count). The number of nitrogens with two attached hydrogens (primary N) is 1. The summed E-state index contributed by atoms with van der Waals surface area (Å²) in [6.07, 6.45) is 3.90. The highest BCUT2D eigenvalue weighted by Crippen LogP contribution is 2.33. The molecule has 0 bridgehead atoms. The SMILES string of the molecule is C[C@@H]1C[C@H](N)CN(c2ccncc2NC(=O)c2ccc(F)c(-c3cc(C(=O)NC(C)(C)C)ccc3F)c2F)C1. The maximum Gasteiger partial charge on any atom is 0.258 e. The van der Waals surface area contributed by atoms with Crippen molar-refractivity contribution in [2.24, 2.45) is 11.7 Å². The van der Waals surface area contributed by atoms with Crippen LogP contribution in [0.2, 0.25) is 0 Å². The average Bonchev–Trinajstić information content (AvgIpc) is 2.83. The van der Waals surface area contributed by atoms with Crippen molar-refractivity contribution in [2.75, 3.05) is 23.3 Å². The fourth-order valence-electron chi connectivity index (χ4n) is 4.79. The number of pyridine rings is 1. The normalized spacial score (nSPS) is 17.6. The zero-order valence-corrected chi connectivity index (χ0v) is 22.3. The Hall–Kier alpha value is -3.92. The molecule has 2 heterocycles. The number of carbonyl (C=O) groups excluding carboxylic acids is 2. The highest BCUT2D eigenvalue weighted by molar-refractivity contribution is 6.07. The second-order valence-electron chi connectivity index (χ2n) is 11.0. The fourth-order valence-corrected chi connectivity index (χ4v) is 4.79. The molecule has 0 aliphatic carbocycles. The molecule has 0 radical (unpaired) electrons. The number of amides is 2. The summed E-state index contributed by atoms with van der Waals surface area (Å²) < 4.78 is 45.4. The number of benzene rings is 2. The minimum absolute atomic E-state index is 0.0175. The highest BCUT2D eigenvalue weighted by Gasteiger charge is 2.27. The van der Waals surface area contributed by atoms with Gasteiger partial charge in [0.05, 0.1) is 28.7 Å². The van der Waals surface area contributed by atoms with Gasteiger partial charge in [-0.15, -0.1) is 0 Å². The second-order valence-corrected chi connectivity index (χ2v) is 11.0. The smallest absolute Gasteiger partial charge is 0.258 e. The second kappa shape index (κ2) is 11.1. The average molecular weight is 540 g/mol. The van der Waals surface area contributed by atoms with E-state index in [0.29, 0.717) is 30.4 Å². The number of halogens is 3. The van der Waals surface area contributed by atoms with Crippen LogP contribution in [0.1, 0.15) is 54.8 Å². The van der Waals surface area contributed by atoms with Crippen LogP contribution in [0.5, 0.6) is 0 Å². The van der Waals surface area contributed by atoms with E-state index in [-0.39, 0.29) is 11.6 Å². The minimum Gasteiger partial charge on any atom is -0.368 e. The van der Waals surface area contributed by atoms with Gasteiger partial charge in [0.2, 0.25) is 0 Å². The van der Waals surface area contributed by atoms with Crippen LogP contribution in [0.4, 0.5) is 24.5 Å². The first-order chi connectivity index (χ1) is 18.3. The summed E-state index contributed by atoms with van der Waals surface area (Å²) in [6.45, 7) is 8.68. The van der Waals surface area contributed by atoms with Gasteiger partial charge in [-0.2, -0.15) is 0 Å². The minimum atomic E-state index is -1.25. The number of anilines is 2. The lowest BCUT2D eigenvalue weighted by atomic mass is 9.96. The molecule has 39 heavy (non-hydrogen) atoms. The molecule has 3 aromatic rings. The first-order valence-electron chi connectivity index (χ1n) is 12.7. The summed E-state index contributed by atoms with van der Waals surface area (Å²) >= 11 is 0. The van der Waals surface area contributed by atoms with Crippen LogP contribution >= 0.6 is 0 Å². The summed E-state index contributed by atoms with van der Waals surface area (Å²) in [6, 6.07) is 6.83. The van der Waals surface area contributed by atoms with E-state index in [1.54, 1.807) is 33.0 Å². The third-order valence-corrected chi connectivity index (χ3v) is 6.40. The molecular formula is C29H32F3N5O2. The molecule has 0 unspecified atom stereocenters. The Morgan fingerprint density at radius 1 is 1.03 bits per heavy atom. The molecule has 2 amide bonds. The maximum atomic E-state index is 15.7. The lowest BCUT2D eigenvalue weighted by molar-refractivity contribution is 0.0918. The summed E-state index contributed by atoms with van der Waals surface area (Å²) in [5.74, 6) is -4.33. The molecule has 1 fully saturated rings. The third kappa shape index (κ3) is 6.39. The van der Waals surface area contributed by atoms with Gasteiger partial charge >= 0.3 is 0 Å². The van der Waals surface area contributed by atoms with Crippen molar-refractivity contribution in [1.82, 2.24) is 10.3 Å². The highest BCUT2D eigenvalue weighted by atomic mass is 19.1. The van der Waals surface area contributed by atoms with E-state index in [2.05, 4.69) is 22.5 Å². The molecule has 0 spiro atoms. The van der Waals surface area contributed by atoms with Crippen molar-refractivity contribution >= 4 is 23.2 Å². The standard InChI is InChI=1S/C29H32F3N5O2/c1-16-11-18(33)15-37(14-16)24-9-10-34-13-23(24)35-28(39)19-6-8-22(31)25(26(19)32)20-12-17(5-7-21(20)30)27(38)36-29(2,3)4/h5-10,12-13,16,18H,11,14-15,33H2,1-4H3,(H,35,39)(H,36,38)/t16-,18+/m1/s1. The van der Waals surface area contributed by atoms with Gasteiger partial charge < -0.3 is 21.3 Å². The van der Waals surface area contributed by atoms with Crippen LogP contribution in [-0.4, -0.2) is 41.5 Å². The molecule has 0 saturated carbocycles. The van der Waals surface area contributed by atoms with Crippen molar-refractivity contribution in [3.8, 4) is 11.1 Å². The Morgan fingerprint density at radius 2 is 1.74 bits per heavy atom. The van der Waals surface area contributed by atoms with Crippen LogP contribution in [0.15, 0.2) is 48.8 Å². The van der Waals surface area contributed by atoms with E-state index in [1.807, 2.05) is 4.90 Å². The lowest BCUT2D eigenvalue weighted by Crippen LogP contribution is -2.46. The quantitative estimate of drug-likeness (QED) is 0.418. The van der Waals surface area contributed by atoms with Gasteiger partial charge in [0.25, 0.3) is 11.8 Å². The van der Waals surface area contributed by atoms with Crippen molar-refractivity contribution in [2.45, 2.75) is 45.7 Å². The van der Waals surface area contributed by atoms with Gasteiger partial charge in [-0.1, -0.05) is 6.92 Å². The van der Waals surface area contributed by atoms with Crippen molar-refractivity contribution in [1.29, 1.82) is 0 Å². The lowest BCUT2D eigenvalue weighted by Gasteiger charge is -2.37. The van der Waals surface area contributed by atoms with Crippen LogP contribution in [0, 0.1) is 23.4 Å². The Labute approximate surface area is 225 Å². The largest absolute Gasteiger partial charge is 0.368 e. The number of nitrogens with zero attached hydrogens (tertiary/aromatic N) is 2. The van der Waals surface area contributed by atoms with Gasteiger partial charge in [0.15, 0.2) is 0 Å². The Bertz CT molecular complexity index is 1400. The van der Waals surface area contributed by atoms with Gasteiger partial charge in [-0.25, -0.2) is 13.2 Å². The zero-order chi connectivity index (χ0) is 28.5. The van der Waals surface area contributed by atoms with Gasteiger partial charge in [-0.05, 0) is 69.5 Å². The summed E-state index contributed by atoms with van der Waals surface area (Å²) in [5.41, 5.74) is 4.92. The first kappa shape index (κ1) is 28.1. The van der Waals surface area contributed by atoms with Gasteiger partial charge in [0, 0.05) is 42.0 Å². The van der Waals surface area contributed by atoms with E-state index in [4.69, 9.17) is 5.73 Å². The summed E-state index contributed by atoms with van der Waals surface area (Å²) in [5, 5.41) is 5.39. The van der Waals surface area contributed by atoms with Crippen LogP contribution < -0.4 is 21.3 Å². The molecule has 1 aliphatic rings. The number of hydrogen-bond donors (Lipinski definition) is 3. The number of nitrogens with one attached hydrogen (secondary N) is 2. The zero-order valence-electron chi connectivity index (χ0n) is 22.3. The van der Waals surface area contributed by atoms with Crippen molar-refractivity contribution in [3.63, 3.8) is 0 Å². The van der Waals surface area contributed by atoms with E-state index < -0.39 is 51.5 Å². The van der Waals surface area contributed by atoms with Gasteiger partial charge in [-0.3, -0.25) is 14.6 Å². The van der Waals surface area contributed by atoms with E-state index in [9.17, 15) is 18.4 Å². The predicted molar refractivity (Wildman–Crippen MR) is 145 cm³/mol. The number of carbonyl (C=O) groups is 2. The summed E-state index contributed by atoms with van der Waals surface area (Å²) in [4.78, 5) is 31.9. The molecule has 4 N–H and O–H groups in total. The topological polar surface area (TPSA) is 100 Å².